The van der Waals surface area contributed by atoms with Crippen molar-refractivity contribution >= 4 is 22.4 Å². The van der Waals surface area contributed by atoms with Crippen molar-refractivity contribution < 1.29 is 17.9 Å². The van der Waals surface area contributed by atoms with E-state index in [0.717, 1.165) is 11.5 Å². The average molecular weight is 422 g/mol. The Labute approximate surface area is 174 Å². The summed E-state index contributed by atoms with van der Waals surface area (Å²) < 4.78 is 39.4. The second-order valence-corrected chi connectivity index (χ2v) is 6.89. The Morgan fingerprint density at radius 1 is 1.10 bits per heavy atom. The number of methoxy groups -OCH3 is 1. The first-order valence-corrected chi connectivity index (χ1v) is 9.42. The highest BCUT2D eigenvalue weighted by Gasteiger charge is 2.17. The van der Waals surface area contributed by atoms with Crippen molar-refractivity contribution in [3.63, 3.8) is 0 Å². The van der Waals surface area contributed by atoms with Gasteiger partial charge in [-0.15, -0.1) is 10.2 Å². The van der Waals surface area contributed by atoms with Gasteiger partial charge in [-0.05, 0) is 30.2 Å². The topological polar surface area (TPSA) is 104 Å². The van der Waals surface area contributed by atoms with E-state index >= 15 is 0 Å². The van der Waals surface area contributed by atoms with E-state index in [4.69, 9.17) is 14.9 Å². The number of para-hydroxylation sites is 1. The molecule has 5 aromatic rings. The number of nitrogens with two attached hydrogens (primary N) is 1. The molecule has 0 atom stereocenters. The van der Waals surface area contributed by atoms with Crippen molar-refractivity contribution in [3.05, 3.63) is 65.6 Å². The number of halogens is 2. The van der Waals surface area contributed by atoms with Crippen molar-refractivity contribution in [1.82, 2.24) is 24.8 Å². The van der Waals surface area contributed by atoms with Gasteiger partial charge in [0.15, 0.2) is 5.69 Å². The molecule has 10 heteroatoms. The van der Waals surface area contributed by atoms with Crippen molar-refractivity contribution in [1.29, 1.82) is 0 Å². The highest BCUT2D eigenvalue weighted by atomic mass is 19.1. The minimum absolute atomic E-state index is 0.185. The molecule has 0 saturated carbocycles. The molecule has 8 nitrogen and oxygen atoms in total. The summed E-state index contributed by atoms with van der Waals surface area (Å²) in [4.78, 5) is 4.39. The number of fused-ring (bicyclic) bond motifs is 3. The van der Waals surface area contributed by atoms with Gasteiger partial charge in [0, 0.05) is 17.9 Å². The smallest absolute Gasteiger partial charge is 0.268 e. The Kier molecular flexibility index (Phi) is 4.46. The van der Waals surface area contributed by atoms with Crippen LogP contribution < -0.4 is 10.5 Å². The van der Waals surface area contributed by atoms with Crippen LogP contribution >= 0.6 is 0 Å². The predicted octanol–water partition coefficient (Wildman–Crippen LogP) is 3.59. The number of anilines is 1. The van der Waals surface area contributed by atoms with E-state index in [1.807, 2.05) is 12.1 Å². The number of benzene rings is 2. The molecule has 0 spiro atoms. The summed E-state index contributed by atoms with van der Waals surface area (Å²) >= 11 is 0. The molecule has 156 valence electrons. The van der Waals surface area contributed by atoms with Crippen LogP contribution in [-0.4, -0.2) is 31.9 Å². The van der Waals surface area contributed by atoms with E-state index in [2.05, 4.69) is 20.3 Å². The molecule has 3 heterocycles. The maximum Gasteiger partial charge on any atom is 0.268 e. The number of nitrogens with zero attached hydrogens (tertiary/aromatic N) is 5. The van der Waals surface area contributed by atoms with E-state index in [0.29, 0.717) is 46.8 Å². The second kappa shape index (κ2) is 7.31. The number of hydrogen-bond donors (Lipinski definition) is 1. The van der Waals surface area contributed by atoms with Gasteiger partial charge < -0.3 is 14.9 Å². The molecule has 0 unspecified atom stereocenters. The number of aromatic nitrogens is 5. The van der Waals surface area contributed by atoms with Crippen LogP contribution in [0.1, 0.15) is 11.5 Å². The van der Waals surface area contributed by atoms with Gasteiger partial charge in [0.1, 0.15) is 22.9 Å². The summed E-state index contributed by atoms with van der Waals surface area (Å²) in [6.07, 6.45) is 0.590. The SMILES string of the molecule is COc1cccc2c1nc(N)n1nc(-c3nnc(CCc4ccc(F)cc4F)o3)cc21. The third kappa shape index (κ3) is 3.31. The van der Waals surface area contributed by atoms with Crippen LogP contribution in [0.4, 0.5) is 14.7 Å². The van der Waals surface area contributed by atoms with Crippen LogP contribution in [0.5, 0.6) is 5.75 Å². The van der Waals surface area contributed by atoms with Crippen LogP contribution in [0.15, 0.2) is 46.9 Å². The van der Waals surface area contributed by atoms with Crippen molar-refractivity contribution in [3.8, 4) is 17.3 Å². The molecular formula is C21H16F2N6O2. The molecule has 5 rings (SSSR count). The zero-order valence-corrected chi connectivity index (χ0v) is 16.3. The van der Waals surface area contributed by atoms with Gasteiger partial charge in [-0.3, -0.25) is 0 Å². The van der Waals surface area contributed by atoms with Gasteiger partial charge in [-0.2, -0.15) is 9.61 Å². The lowest BCUT2D eigenvalue weighted by molar-refractivity contribution is 0.419. The summed E-state index contributed by atoms with van der Waals surface area (Å²) in [6, 6.07) is 10.8. The summed E-state index contributed by atoms with van der Waals surface area (Å²) in [7, 11) is 1.57. The summed E-state index contributed by atoms with van der Waals surface area (Å²) in [5, 5.41) is 13.3. The van der Waals surface area contributed by atoms with Gasteiger partial charge in [0.05, 0.1) is 12.6 Å². The van der Waals surface area contributed by atoms with Crippen LogP contribution in [-0.2, 0) is 12.8 Å². The van der Waals surface area contributed by atoms with Crippen molar-refractivity contribution in [2.24, 2.45) is 0 Å². The first-order chi connectivity index (χ1) is 15.0. The Balaban J connectivity index is 1.47. The molecule has 0 amide bonds. The van der Waals surface area contributed by atoms with E-state index in [-0.39, 0.29) is 11.8 Å². The predicted molar refractivity (Wildman–Crippen MR) is 109 cm³/mol. The van der Waals surface area contributed by atoms with Crippen molar-refractivity contribution in [2.45, 2.75) is 12.8 Å². The zero-order valence-electron chi connectivity index (χ0n) is 16.3. The molecule has 31 heavy (non-hydrogen) atoms. The molecule has 0 fully saturated rings. The van der Waals surface area contributed by atoms with E-state index < -0.39 is 11.6 Å². The van der Waals surface area contributed by atoms with Gasteiger partial charge in [-0.25, -0.2) is 13.8 Å². The van der Waals surface area contributed by atoms with E-state index in [1.165, 1.54) is 16.6 Å². The number of nitrogen functional groups attached to an aromatic ring is 1. The average Bonchev–Trinajstić information content (AvgIpc) is 3.40. The fourth-order valence-corrected chi connectivity index (χ4v) is 3.45. The fourth-order valence-electron chi connectivity index (χ4n) is 3.45. The highest BCUT2D eigenvalue weighted by molar-refractivity contribution is 5.98. The number of aryl methyl sites for hydroxylation is 2. The quantitative estimate of drug-likeness (QED) is 0.462. The summed E-state index contributed by atoms with van der Waals surface area (Å²) in [5.74, 6) is 0.0758. The normalized spacial score (nSPS) is 11.5. The van der Waals surface area contributed by atoms with E-state index in [9.17, 15) is 8.78 Å². The largest absolute Gasteiger partial charge is 0.494 e. The number of hydrogen-bond acceptors (Lipinski definition) is 7. The standard InChI is InChI=1S/C21H16F2N6O2/c1-30-17-4-2-3-13-16-10-15(28-29(16)21(24)25-19(13)17)20-27-26-18(31-20)8-6-11-5-7-12(22)9-14(11)23/h2-5,7,9-10H,6,8H2,1H3,(H2,24,25). The summed E-state index contributed by atoms with van der Waals surface area (Å²) in [6.45, 7) is 0. The second-order valence-electron chi connectivity index (χ2n) is 6.89. The summed E-state index contributed by atoms with van der Waals surface area (Å²) in [5.41, 5.74) is 8.21. The zero-order chi connectivity index (χ0) is 21.5. The molecule has 2 N–H and O–H groups in total. The van der Waals surface area contributed by atoms with Gasteiger partial charge >= 0.3 is 0 Å². The monoisotopic (exact) mass is 422 g/mol. The van der Waals surface area contributed by atoms with Gasteiger partial charge in [0.25, 0.3) is 5.89 Å². The Hall–Kier alpha value is -4.08. The minimum Gasteiger partial charge on any atom is -0.494 e. The third-order valence-electron chi connectivity index (χ3n) is 4.96. The van der Waals surface area contributed by atoms with Gasteiger partial charge in [-0.1, -0.05) is 18.2 Å². The highest BCUT2D eigenvalue weighted by Crippen LogP contribution is 2.30. The lowest BCUT2D eigenvalue weighted by Gasteiger charge is -2.07. The minimum atomic E-state index is -0.618. The molecule has 0 aliphatic heterocycles. The Bertz CT molecular complexity index is 1430. The third-order valence-corrected chi connectivity index (χ3v) is 4.96. The van der Waals surface area contributed by atoms with Crippen LogP contribution in [0.25, 0.3) is 28.0 Å². The van der Waals surface area contributed by atoms with E-state index in [1.54, 1.807) is 19.2 Å². The van der Waals surface area contributed by atoms with Crippen molar-refractivity contribution in [2.75, 3.05) is 12.8 Å². The lowest BCUT2D eigenvalue weighted by atomic mass is 10.1. The van der Waals surface area contributed by atoms with Gasteiger partial charge in [0.2, 0.25) is 11.8 Å². The number of rotatable bonds is 5. The lowest BCUT2D eigenvalue weighted by Crippen LogP contribution is -2.03. The van der Waals surface area contributed by atoms with Crippen LogP contribution in [0.3, 0.4) is 0 Å². The molecule has 2 aromatic carbocycles. The Morgan fingerprint density at radius 3 is 2.77 bits per heavy atom. The van der Waals surface area contributed by atoms with Crippen LogP contribution in [0.2, 0.25) is 0 Å². The maximum absolute atomic E-state index is 13.8. The molecule has 0 aliphatic carbocycles. The first kappa shape index (κ1) is 18.9. The number of ether oxygens (including phenoxy) is 1. The fraction of sp³-hybridized carbons (Fsp3) is 0.143. The molecule has 3 aromatic heterocycles. The van der Waals surface area contributed by atoms with Crippen LogP contribution in [0, 0.1) is 11.6 Å². The molecular weight excluding hydrogens is 406 g/mol. The maximum atomic E-state index is 13.8. The Morgan fingerprint density at radius 2 is 1.97 bits per heavy atom. The molecule has 0 aliphatic rings. The first-order valence-electron chi connectivity index (χ1n) is 9.42. The molecule has 0 bridgehead atoms. The molecule has 0 saturated heterocycles. The molecule has 0 radical (unpaired) electrons.